The summed E-state index contributed by atoms with van der Waals surface area (Å²) in [4.78, 5) is 0. The Kier molecular flexibility index (Phi) is 11.3. The molecule has 0 nitrogen and oxygen atoms in total. The van der Waals surface area contributed by atoms with Crippen LogP contribution in [0.15, 0.2) is 0 Å². The summed E-state index contributed by atoms with van der Waals surface area (Å²) >= 11 is 3.49. The van der Waals surface area contributed by atoms with Crippen molar-refractivity contribution in [2.24, 2.45) is 0 Å². The molecule has 0 aliphatic heterocycles. The highest BCUT2D eigenvalue weighted by molar-refractivity contribution is 9.09. The molecular weight excluding hydrogens is 276 g/mol. The van der Waals surface area contributed by atoms with Gasteiger partial charge in [0.25, 0.3) is 0 Å². The first-order valence-corrected chi connectivity index (χ1v) is 11.7. The lowest BCUT2D eigenvalue weighted by Crippen LogP contribution is -2.24. The van der Waals surface area contributed by atoms with Gasteiger partial charge in [-0.25, -0.2) is 0 Å². The average molecular weight is 307 g/mol. The molecule has 0 spiro atoms. The van der Waals surface area contributed by atoms with Crippen LogP contribution < -0.4 is 0 Å². The molecule has 0 heterocycles. The topological polar surface area (TPSA) is 0 Å². The lowest BCUT2D eigenvalue weighted by Gasteiger charge is -2.21. The summed E-state index contributed by atoms with van der Waals surface area (Å²) in [5, 5.41) is 1.18. The van der Waals surface area contributed by atoms with E-state index in [2.05, 4.69) is 35.9 Å². The Hall–Kier alpha value is 0.697. The van der Waals surface area contributed by atoms with E-state index in [-0.39, 0.29) is 0 Å². The summed E-state index contributed by atoms with van der Waals surface area (Å²) in [7, 11) is -0.807. The molecule has 0 bridgehead atoms. The van der Waals surface area contributed by atoms with Gasteiger partial charge < -0.3 is 0 Å². The fourth-order valence-corrected chi connectivity index (χ4v) is 5.35. The molecule has 98 valence electrons. The van der Waals surface area contributed by atoms with Gasteiger partial charge in [-0.15, -0.1) is 0 Å². The molecule has 0 unspecified atom stereocenters. The predicted octanol–water partition coefficient (Wildman–Crippen LogP) is 6.23. The van der Waals surface area contributed by atoms with Crippen LogP contribution in [0, 0.1) is 0 Å². The van der Waals surface area contributed by atoms with E-state index in [1.165, 1.54) is 56.7 Å². The van der Waals surface area contributed by atoms with Gasteiger partial charge in [0.15, 0.2) is 0 Å². The average Bonchev–Trinajstić information content (AvgIpc) is 2.25. The lowest BCUT2D eigenvalue weighted by molar-refractivity contribution is 0.624. The summed E-state index contributed by atoms with van der Waals surface area (Å²) in [6.07, 6.45) is 11.5. The molecule has 0 amide bonds. The maximum Gasteiger partial charge on any atom is 0.0473 e. The van der Waals surface area contributed by atoms with Gasteiger partial charge in [-0.3, -0.25) is 0 Å². The van der Waals surface area contributed by atoms with Crippen molar-refractivity contribution in [3.63, 3.8) is 0 Å². The van der Waals surface area contributed by atoms with Crippen LogP contribution in [0.1, 0.15) is 58.3 Å². The van der Waals surface area contributed by atoms with Gasteiger partial charge in [-0.1, -0.05) is 93.0 Å². The third-order valence-electron chi connectivity index (χ3n) is 3.44. The molecule has 0 saturated heterocycles. The molecule has 2 heteroatoms. The summed E-state index contributed by atoms with van der Waals surface area (Å²) in [5.74, 6) is 0. The van der Waals surface area contributed by atoms with E-state index in [1.54, 1.807) is 12.1 Å². The zero-order chi connectivity index (χ0) is 12.3. The van der Waals surface area contributed by atoms with Gasteiger partial charge in [0.05, 0.1) is 0 Å². The molecule has 0 aromatic carbocycles. The molecule has 0 radical (unpaired) electrons. The number of unbranched alkanes of at least 4 members (excludes halogenated alkanes) is 6. The maximum atomic E-state index is 3.49. The van der Waals surface area contributed by atoms with Crippen molar-refractivity contribution < 1.29 is 0 Å². The van der Waals surface area contributed by atoms with E-state index >= 15 is 0 Å². The Bertz CT molecular complexity index is 146. The zero-order valence-corrected chi connectivity index (χ0v) is 14.2. The van der Waals surface area contributed by atoms with E-state index in [4.69, 9.17) is 0 Å². The van der Waals surface area contributed by atoms with Crippen molar-refractivity contribution in [3.8, 4) is 0 Å². The van der Waals surface area contributed by atoms with Gasteiger partial charge in [-0.2, -0.15) is 0 Å². The minimum atomic E-state index is -0.807. The number of hydrogen-bond acceptors (Lipinski definition) is 0. The van der Waals surface area contributed by atoms with Crippen LogP contribution in [0.4, 0.5) is 0 Å². The fourth-order valence-electron chi connectivity index (χ4n) is 2.19. The first kappa shape index (κ1) is 16.7. The van der Waals surface area contributed by atoms with Gasteiger partial charge in [0.2, 0.25) is 0 Å². The van der Waals surface area contributed by atoms with E-state index in [9.17, 15) is 0 Å². The van der Waals surface area contributed by atoms with Crippen molar-refractivity contribution in [2.75, 3.05) is 5.33 Å². The minimum Gasteiger partial charge on any atom is -0.0928 e. The van der Waals surface area contributed by atoms with Crippen LogP contribution in [0.5, 0.6) is 0 Å². The third kappa shape index (κ3) is 11.2. The second kappa shape index (κ2) is 10.8. The second-order valence-corrected chi connectivity index (χ2v) is 11.9. The summed E-state index contributed by atoms with van der Waals surface area (Å²) in [6.45, 7) is 7.47. The maximum absolute atomic E-state index is 3.49. The van der Waals surface area contributed by atoms with Crippen molar-refractivity contribution in [2.45, 2.75) is 83.5 Å². The standard InChI is InChI=1S/C14H31BrSi/c1-4-5-13-16(2,3)14-11-9-7-6-8-10-12-15/h4-14H2,1-3H3. The molecule has 0 aromatic rings. The highest BCUT2D eigenvalue weighted by Crippen LogP contribution is 2.22. The summed E-state index contributed by atoms with van der Waals surface area (Å²) in [6, 6.07) is 3.11. The highest BCUT2D eigenvalue weighted by Gasteiger charge is 2.18. The van der Waals surface area contributed by atoms with Crippen LogP contribution >= 0.6 is 15.9 Å². The first-order chi connectivity index (χ1) is 7.62. The van der Waals surface area contributed by atoms with E-state index in [0.717, 1.165) is 0 Å². The quantitative estimate of drug-likeness (QED) is 0.241. The Morgan fingerprint density at radius 2 is 1.25 bits per heavy atom. The van der Waals surface area contributed by atoms with Crippen molar-refractivity contribution in [3.05, 3.63) is 0 Å². The largest absolute Gasteiger partial charge is 0.0928 e. The summed E-state index contributed by atoms with van der Waals surface area (Å²) in [5.41, 5.74) is 0. The second-order valence-electron chi connectivity index (χ2n) is 5.83. The highest BCUT2D eigenvalue weighted by atomic mass is 79.9. The molecule has 0 rings (SSSR count). The van der Waals surface area contributed by atoms with E-state index in [0.29, 0.717) is 0 Å². The molecule has 16 heavy (non-hydrogen) atoms. The molecule has 0 fully saturated rings. The number of alkyl halides is 1. The Morgan fingerprint density at radius 1 is 0.750 bits per heavy atom. The molecule has 0 saturated carbocycles. The smallest absolute Gasteiger partial charge is 0.0473 e. The minimum absolute atomic E-state index is 0.807. The van der Waals surface area contributed by atoms with Crippen LogP contribution in [-0.4, -0.2) is 13.4 Å². The van der Waals surface area contributed by atoms with Gasteiger partial charge >= 0.3 is 0 Å². The van der Waals surface area contributed by atoms with Gasteiger partial charge in [-0.05, 0) is 6.42 Å². The Morgan fingerprint density at radius 3 is 1.81 bits per heavy atom. The van der Waals surface area contributed by atoms with Crippen LogP contribution in [0.25, 0.3) is 0 Å². The predicted molar refractivity (Wildman–Crippen MR) is 83.5 cm³/mol. The van der Waals surface area contributed by atoms with Crippen molar-refractivity contribution >= 4 is 24.0 Å². The fraction of sp³-hybridized carbons (Fsp3) is 1.00. The third-order valence-corrected chi connectivity index (χ3v) is 7.42. The number of rotatable bonds is 11. The number of halogens is 1. The number of hydrogen-bond donors (Lipinski definition) is 0. The molecule has 0 aromatic heterocycles. The Labute approximate surface area is 113 Å². The van der Waals surface area contributed by atoms with Crippen LogP contribution in [0.3, 0.4) is 0 Å². The van der Waals surface area contributed by atoms with Crippen molar-refractivity contribution in [1.82, 2.24) is 0 Å². The zero-order valence-electron chi connectivity index (χ0n) is 11.7. The molecule has 0 N–H and O–H groups in total. The molecule has 0 atom stereocenters. The van der Waals surface area contributed by atoms with E-state index in [1.807, 2.05) is 0 Å². The Balaban J connectivity index is 3.29. The van der Waals surface area contributed by atoms with Crippen molar-refractivity contribution in [1.29, 1.82) is 0 Å². The van der Waals surface area contributed by atoms with Crippen LogP contribution in [0.2, 0.25) is 25.2 Å². The van der Waals surface area contributed by atoms with Crippen LogP contribution in [-0.2, 0) is 0 Å². The molecular formula is C14H31BrSi. The van der Waals surface area contributed by atoms with Gasteiger partial charge in [0.1, 0.15) is 0 Å². The monoisotopic (exact) mass is 306 g/mol. The molecule has 0 aliphatic carbocycles. The summed E-state index contributed by atoms with van der Waals surface area (Å²) < 4.78 is 0. The molecule has 0 aliphatic rings. The first-order valence-electron chi connectivity index (χ1n) is 7.18. The lowest BCUT2D eigenvalue weighted by atomic mass is 10.1. The SMILES string of the molecule is CCCC[Si](C)(C)CCCCCCCCBr. The van der Waals surface area contributed by atoms with E-state index < -0.39 is 8.07 Å². The normalized spacial score (nSPS) is 12.0. The van der Waals surface area contributed by atoms with Gasteiger partial charge in [0, 0.05) is 13.4 Å².